The average molecular weight is 339 g/mol. The number of piperidine rings is 1. The van der Waals surface area contributed by atoms with Crippen LogP contribution >= 0.6 is 0 Å². The lowest BCUT2D eigenvalue weighted by Crippen LogP contribution is -2.46. The number of nitrogens with one attached hydrogen (secondary N) is 1. The molecule has 2 aromatic carbocycles. The first-order valence-electron chi connectivity index (χ1n) is 8.46. The Balaban J connectivity index is 1.48. The molecule has 1 saturated heterocycles. The Labute approximate surface area is 146 Å². The molecular formula is C19H21N3O3. The van der Waals surface area contributed by atoms with Crippen LogP contribution in [0, 0.1) is 16.0 Å². The molecule has 1 N–H and O–H groups in total. The van der Waals surface area contributed by atoms with Crippen LogP contribution in [-0.2, 0) is 6.42 Å². The SMILES string of the molecule is O=C(NN1CCC(Cc2ccccc2)CC1)c1ccc([N+](=O)[O-])cc1. The van der Waals surface area contributed by atoms with Gasteiger partial charge < -0.3 is 0 Å². The number of rotatable bonds is 5. The predicted molar refractivity (Wildman–Crippen MR) is 95.0 cm³/mol. The van der Waals surface area contributed by atoms with Crippen LogP contribution in [0.2, 0.25) is 0 Å². The second-order valence-corrected chi connectivity index (χ2v) is 6.37. The molecule has 2 aromatic rings. The Morgan fingerprint density at radius 3 is 2.32 bits per heavy atom. The van der Waals surface area contributed by atoms with E-state index in [4.69, 9.17) is 0 Å². The lowest BCUT2D eigenvalue weighted by atomic mass is 9.91. The van der Waals surface area contributed by atoms with Gasteiger partial charge in [0.25, 0.3) is 11.6 Å². The fourth-order valence-corrected chi connectivity index (χ4v) is 3.14. The Morgan fingerprint density at radius 1 is 1.08 bits per heavy atom. The highest BCUT2D eigenvalue weighted by molar-refractivity contribution is 5.94. The quantitative estimate of drug-likeness (QED) is 0.670. The highest BCUT2D eigenvalue weighted by Crippen LogP contribution is 2.21. The van der Waals surface area contributed by atoms with Gasteiger partial charge in [0.15, 0.2) is 0 Å². The fraction of sp³-hybridized carbons (Fsp3) is 0.316. The maximum atomic E-state index is 12.2. The van der Waals surface area contributed by atoms with Crippen molar-refractivity contribution in [1.29, 1.82) is 0 Å². The first-order valence-corrected chi connectivity index (χ1v) is 8.46. The molecule has 0 bridgehead atoms. The minimum atomic E-state index is -0.473. The fourth-order valence-electron chi connectivity index (χ4n) is 3.14. The van der Waals surface area contributed by atoms with E-state index in [0.717, 1.165) is 32.4 Å². The molecule has 0 radical (unpaired) electrons. The number of carbonyl (C=O) groups excluding carboxylic acids is 1. The van der Waals surface area contributed by atoms with Gasteiger partial charge in [-0.3, -0.25) is 20.3 Å². The summed E-state index contributed by atoms with van der Waals surface area (Å²) >= 11 is 0. The summed E-state index contributed by atoms with van der Waals surface area (Å²) in [7, 11) is 0. The molecule has 0 unspecified atom stereocenters. The van der Waals surface area contributed by atoms with Gasteiger partial charge in [-0.2, -0.15) is 0 Å². The summed E-state index contributed by atoms with van der Waals surface area (Å²) in [6.07, 6.45) is 3.15. The Hall–Kier alpha value is -2.73. The first kappa shape index (κ1) is 17.1. The maximum absolute atomic E-state index is 12.2. The van der Waals surface area contributed by atoms with Crippen molar-refractivity contribution in [1.82, 2.24) is 10.4 Å². The summed E-state index contributed by atoms with van der Waals surface area (Å²) in [5.41, 5.74) is 4.66. The number of nitro groups is 1. The second kappa shape index (κ2) is 7.90. The number of non-ortho nitro benzene ring substituents is 1. The number of hydrogen-bond acceptors (Lipinski definition) is 4. The zero-order valence-electron chi connectivity index (χ0n) is 13.9. The van der Waals surface area contributed by atoms with Crippen molar-refractivity contribution in [3.05, 3.63) is 75.8 Å². The van der Waals surface area contributed by atoms with Crippen molar-refractivity contribution in [2.75, 3.05) is 13.1 Å². The molecule has 1 heterocycles. The van der Waals surface area contributed by atoms with E-state index < -0.39 is 4.92 Å². The Kier molecular flexibility index (Phi) is 5.40. The third kappa shape index (κ3) is 4.64. The summed E-state index contributed by atoms with van der Waals surface area (Å²) in [6, 6.07) is 16.1. The molecule has 130 valence electrons. The summed E-state index contributed by atoms with van der Waals surface area (Å²) in [5.74, 6) is 0.409. The Bertz CT molecular complexity index is 723. The normalized spacial score (nSPS) is 15.7. The van der Waals surface area contributed by atoms with E-state index in [2.05, 4.69) is 29.7 Å². The van der Waals surface area contributed by atoms with Gasteiger partial charge in [-0.1, -0.05) is 30.3 Å². The van der Waals surface area contributed by atoms with E-state index in [9.17, 15) is 14.9 Å². The van der Waals surface area contributed by atoms with Gasteiger partial charge in [0.1, 0.15) is 0 Å². The van der Waals surface area contributed by atoms with Crippen LogP contribution in [-0.4, -0.2) is 28.9 Å². The van der Waals surface area contributed by atoms with Gasteiger partial charge in [0.2, 0.25) is 0 Å². The van der Waals surface area contributed by atoms with Crippen molar-refractivity contribution < 1.29 is 9.72 Å². The molecule has 3 rings (SSSR count). The number of benzene rings is 2. The van der Waals surface area contributed by atoms with E-state index in [1.807, 2.05) is 11.1 Å². The minimum absolute atomic E-state index is 0.0155. The van der Waals surface area contributed by atoms with E-state index >= 15 is 0 Å². The van der Waals surface area contributed by atoms with Crippen LogP contribution in [0.25, 0.3) is 0 Å². The predicted octanol–water partition coefficient (Wildman–Crippen LogP) is 3.19. The topological polar surface area (TPSA) is 75.5 Å². The van der Waals surface area contributed by atoms with Gasteiger partial charge in [0, 0.05) is 30.8 Å². The Morgan fingerprint density at radius 2 is 1.72 bits per heavy atom. The van der Waals surface area contributed by atoms with Gasteiger partial charge in [-0.25, -0.2) is 5.01 Å². The standard InChI is InChI=1S/C19H21N3O3/c23-19(17-6-8-18(9-7-17)22(24)25)20-21-12-10-16(11-13-21)14-15-4-2-1-3-5-15/h1-9,16H,10-14H2,(H,20,23). The van der Waals surface area contributed by atoms with Crippen LogP contribution in [0.15, 0.2) is 54.6 Å². The number of hydrazine groups is 1. The first-order chi connectivity index (χ1) is 12.1. The van der Waals surface area contributed by atoms with Crippen LogP contribution in [0.3, 0.4) is 0 Å². The number of nitrogens with zero attached hydrogens (tertiary/aromatic N) is 2. The zero-order chi connectivity index (χ0) is 17.6. The van der Waals surface area contributed by atoms with Gasteiger partial charge in [0.05, 0.1) is 4.92 Å². The van der Waals surface area contributed by atoms with Gasteiger partial charge >= 0.3 is 0 Å². The second-order valence-electron chi connectivity index (χ2n) is 6.37. The molecular weight excluding hydrogens is 318 g/mol. The number of hydrogen-bond donors (Lipinski definition) is 1. The van der Waals surface area contributed by atoms with E-state index in [-0.39, 0.29) is 11.6 Å². The molecule has 1 aliphatic rings. The molecule has 25 heavy (non-hydrogen) atoms. The molecule has 0 aromatic heterocycles. The summed E-state index contributed by atoms with van der Waals surface area (Å²) in [5, 5.41) is 12.6. The van der Waals surface area contributed by atoms with Crippen LogP contribution in [0.4, 0.5) is 5.69 Å². The summed E-state index contributed by atoms with van der Waals surface area (Å²) < 4.78 is 0. The number of nitro benzene ring substituents is 1. The molecule has 0 saturated carbocycles. The minimum Gasteiger partial charge on any atom is -0.285 e. The lowest BCUT2D eigenvalue weighted by Gasteiger charge is -2.32. The van der Waals surface area contributed by atoms with Crippen molar-refractivity contribution in [3.63, 3.8) is 0 Å². The van der Waals surface area contributed by atoms with Crippen molar-refractivity contribution in [2.45, 2.75) is 19.3 Å². The largest absolute Gasteiger partial charge is 0.285 e. The molecule has 1 fully saturated rings. The average Bonchev–Trinajstić information content (AvgIpc) is 2.64. The lowest BCUT2D eigenvalue weighted by molar-refractivity contribution is -0.384. The van der Waals surface area contributed by atoms with Gasteiger partial charge in [-0.05, 0) is 42.9 Å². The van der Waals surface area contributed by atoms with Crippen molar-refractivity contribution in [2.24, 2.45) is 5.92 Å². The monoisotopic (exact) mass is 339 g/mol. The molecule has 6 heteroatoms. The van der Waals surface area contributed by atoms with Crippen molar-refractivity contribution in [3.8, 4) is 0 Å². The van der Waals surface area contributed by atoms with Crippen LogP contribution in [0.5, 0.6) is 0 Å². The molecule has 0 atom stereocenters. The molecule has 0 spiro atoms. The van der Waals surface area contributed by atoms with E-state index in [0.29, 0.717) is 11.5 Å². The van der Waals surface area contributed by atoms with E-state index in [1.54, 1.807) is 0 Å². The maximum Gasteiger partial charge on any atom is 0.269 e. The smallest absolute Gasteiger partial charge is 0.269 e. The van der Waals surface area contributed by atoms with Gasteiger partial charge in [-0.15, -0.1) is 0 Å². The van der Waals surface area contributed by atoms with Crippen LogP contribution in [0.1, 0.15) is 28.8 Å². The highest BCUT2D eigenvalue weighted by atomic mass is 16.6. The molecule has 0 aliphatic carbocycles. The zero-order valence-corrected chi connectivity index (χ0v) is 13.9. The van der Waals surface area contributed by atoms with E-state index in [1.165, 1.54) is 29.8 Å². The highest BCUT2D eigenvalue weighted by Gasteiger charge is 2.21. The number of carbonyl (C=O) groups is 1. The third-order valence-electron chi connectivity index (χ3n) is 4.58. The molecule has 1 amide bonds. The third-order valence-corrected chi connectivity index (χ3v) is 4.58. The summed E-state index contributed by atoms with van der Waals surface area (Å²) in [6.45, 7) is 1.63. The molecule has 1 aliphatic heterocycles. The van der Waals surface area contributed by atoms with Crippen LogP contribution < -0.4 is 5.43 Å². The molecule has 6 nitrogen and oxygen atoms in total. The van der Waals surface area contributed by atoms with Crippen molar-refractivity contribution >= 4 is 11.6 Å². The summed E-state index contributed by atoms with van der Waals surface area (Å²) in [4.78, 5) is 22.4. The number of amides is 1.